The number of ether oxygens (including phenoxy) is 1. The molecule has 116 valence electrons. The molecule has 0 fully saturated rings. The van der Waals surface area contributed by atoms with Crippen molar-refractivity contribution < 1.29 is 9.53 Å². The predicted molar refractivity (Wildman–Crippen MR) is 100 cm³/mol. The molecule has 23 heavy (non-hydrogen) atoms. The van der Waals surface area contributed by atoms with Crippen molar-refractivity contribution in [2.24, 2.45) is 0 Å². The first-order valence-corrected chi connectivity index (χ1v) is 8.31. The van der Waals surface area contributed by atoms with Gasteiger partial charge < -0.3 is 10.1 Å². The van der Waals surface area contributed by atoms with E-state index in [0.717, 1.165) is 14.6 Å². The smallest absolute Gasteiger partial charge is 0.262 e. The van der Waals surface area contributed by atoms with Gasteiger partial charge in [0.2, 0.25) is 0 Å². The van der Waals surface area contributed by atoms with E-state index in [0.29, 0.717) is 16.3 Å². The molecule has 1 heterocycles. The molecule has 0 unspecified atom stereocenters. The maximum Gasteiger partial charge on any atom is 0.262 e. The molecule has 0 aliphatic heterocycles. The highest BCUT2D eigenvalue weighted by molar-refractivity contribution is 14.1. The minimum absolute atomic E-state index is 0.0990. The van der Waals surface area contributed by atoms with Crippen LogP contribution in [0.4, 0.5) is 5.69 Å². The van der Waals surface area contributed by atoms with Crippen molar-refractivity contribution in [2.45, 2.75) is 0 Å². The van der Waals surface area contributed by atoms with Gasteiger partial charge in [-0.25, -0.2) is 0 Å². The SMILES string of the molecule is O=C(COc1c(I)cc(Cl)c2cccnc12)Nc1ccccc1. The summed E-state index contributed by atoms with van der Waals surface area (Å²) in [5.41, 5.74) is 1.38. The molecule has 1 aromatic heterocycles. The molecule has 0 atom stereocenters. The number of carbonyl (C=O) groups excluding carboxylic acids is 1. The minimum atomic E-state index is -0.231. The molecule has 1 N–H and O–H groups in total. The van der Waals surface area contributed by atoms with E-state index in [2.05, 4.69) is 32.9 Å². The van der Waals surface area contributed by atoms with Crippen LogP contribution in [-0.4, -0.2) is 17.5 Å². The lowest BCUT2D eigenvalue weighted by molar-refractivity contribution is -0.118. The number of halogens is 2. The van der Waals surface area contributed by atoms with Crippen LogP contribution in [0.3, 0.4) is 0 Å². The molecule has 3 aromatic rings. The predicted octanol–water partition coefficient (Wildman–Crippen LogP) is 4.51. The Hall–Kier alpha value is -1.86. The summed E-state index contributed by atoms with van der Waals surface area (Å²) in [6.45, 7) is -0.0990. The molecule has 4 nitrogen and oxygen atoms in total. The van der Waals surface area contributed by atoms with Gasteiger partial charge in [-0.05, 0) is 52.9 Å². The van der Waals surface area contributed by atoms with Crippen LogP contribution in [0.15, 0.2) is 54.7 Å². The quantitative estimate of drug-likeness (QED) is 0.610. The van der Waals surface area contributed by atoms with Crippen molar-refractivity contribution in [3.05, 3.63) is 63.3 Å². The first kappa shape index (κ1) is 16.0. The summed E-state index contributed by atoms with van der Waals surface area (Å²) < 4.78 is 6.51. The van der Waals surface area contributed by atoms with Gasteiger partial charge >= 0.3 is 0 Å². The number of carbonyl (C=O) groups is 1. The zero-order chi connectivity index (χ0) is 16.2. The average Bonchev–Trinajstić information content (AvgIpc) is 2.55. The number of nitrogens with one attached hydrogen (secondary N) is 1. The largest absolute Gasteiger partial charge is 0.480 e. The molecule has 1 amide bonds. The topological polar surface area (TPSA) is 51.2 Å². The minimum Gasteiger partial charge on any atom is -0.480 e. The number of rotatable bonds is 4. The standard InChI is InChI=1S/C17H12ClIN2O2/c18-13-9-14(19)17(16-12(13)7-4-8-20-16)23-10-15(22)21-11-5-2-1-3-6-11/h1-9H,10H2,(H,21,22). The van der Waals surface area contributed by atoms with Crippen LogP contribution in [-0.2, 0) is 4.79 Å². The van der Waals surface area contributed by atoms with E-state index in [1.165, 1.54) is 0 Å². The lowest BCUT2D eigenvalue weighted by atomic mass is 10.2. The van der Waals surface area contributed by atoms with Crippen LogP contribution >= 0.6 is 34.2 Å². The summed E-state index contributed by atoms with van der Waals surface area (Å²) >= 11 is 8.35. The lowest BCUT2D eigenvalue weighted by Crippen LogP contribution is -2.20. The number of hydrogen-bond acceptors (Lipinski definition) is 3. The van der Waals surface area contributed by atoms with Crippen LogP contribution < -0.4 is 10.1 Å². The van der Waals surface area contributed by atoms with Gasteiger partial charge in [0.1, 0.15) is 5.52 Å². The summed E-state index contributed by atoms with van der Waals surface area (Å²) in [6.07, 6.45) is 1.67. The lowest BCUT2D eigenvalue weighted by Gasteiger charge is -2.12. The second-order valence-corrected chi connectivity index (χ2v) is 6.34. The first-order valence-electron chi connectivity index (χ1n) is 6.85. The van der Waals surface area contributed by atoms with E-state index in [1.807, 2.05) is 42.5 Å². The van der Waals surface area contributed by atoms with Crippen LogP contribution in [0.2, 0.25) is 5.02 Å². The summed E-state index contributed by atoms with van der Waals surface area (Å²) in [4.78, 5) is 16.3. The van der Waals surface area contributed by atoms with Crippen LogP contribution in [0.5, 0.6) is 5.75 Å². The molecule has 6 heteroatoms. The van der Waals surface area contributed by atoms with Gasteiger partial charge in [0.15, 0.2) is 12.4 Å². The molecule has 0 saturated carbocycles. The third-order valence-corrected chi connectivity index (χ3v) is 4.27. The Morgan fingerprint density at radius 3 is 2.78 bits per heavy atom. The third kappa shape index (κ3) is 3.73. The Morgan fingerprint density at radius 2 is 2.00 bits per heavy atom. The third-order valence-electron chi connectivity index (χ3n) is 3.16. The highest BCUT2D eigenvalue weighted by Crippen LogP contribution is 2.34. The maximum atomic E-state index is 12.0. The monoisotopic (exact) mass is 438 g/mol. The van der Waals surface area contributed by atoms with Crippen molar-refractivity contribution in [1.82, 2.24) is 4.98 Å². The van der Waals surface area contributed by atoms with Gasteiger partial charge in [0, 0.05) is 17.3 Å². The van der Waals surface area contributed by atoms with Crippen molar-refractivity contribution in [3.8, 4) is 5.75 Å². The molecule has 2 aromatic carbocycles. The zero-order valence-corrected chi connectivity index (χ0v) is 14.8. The van der Waals surface area contributed by atoms with Gasteiger partial charge in [0.05, 0.1) is 8.59 Å². The van der Waals surface area contributed by atoms with Crippen LogP contribution in [0.1, 0.15) is 0 Å². The summed E-state index contributed by atoms with van der Waals surface area (Å²) in [7, 11) is 0. The van der Waals surface area contributed by atoms with Gasteiger partial charge in [-0.3, -0.25) is 9.78 Å². The van der Waals surface area contributed by atoms with E-state index in [-0.39, 0.29) is 12.5 Å². The number of anilines is 1. The molecule has 0 aliphatic rings. The summed E-state index contributed by atoms with van der Waals surface area (Å²) in [5, 5.41) is 4.19. The summed E-state index contributed by atoms with van der Waals surface area (Å²) in [5.74, 6) is 0.333. The van der Waals surface area contributed by atoms with Crippen molar-refractivity contribution in [1.29, 1.82) is 0 Å². The van der Waals surface area contributed by atoms with Gasteiger partial charge in [-0.15, -0.1) is 0 Å². The fraction of sp³-hybridized carbons (Fsp3) is 0.0588. The number of pyridine rings is 1. The number of amides is 1. The fourth-order valence-corrected chi connectivity index (χ4v) is 3.31. The van der Waals surface area contributed by atoms with Gasteiger partial charge in [-0.2, -0.15) is 0 Å². The van der Waals surface area contributed by atoms with Gasteiger partial charge in [0.25, 0.3) is 5.91 Å². The number of hydrogen-bond donors (Lipinski definition) is 1. The molecule has 0 spiro atoms. The van der Waals surface area contributed by atoms with Gasteiger partial charge in [-0.1, -0.05) is 29.8 Å². The molecule has 3 rings (SSSR count). The van der Waals surface area contributed by atoms with E-state index < -0.39 is 0 Å². The second kappa shape index (κ2) is 7.14. The van der Waals surface area contributed by atoms with E-state index in [4.69, 9.17) is 16.3 Å². The fourth-order valence-electron chi connectivity index (χ4n) is 2.14. The van der Waals surface area contributed by atoms with Crippen molar-refractivity contribution in [3.63, 3.8) is 0 Å². The number of nitrogens with zero attached hydrogens (tertiary/aromatic N) is 1. The molecule has 0 aliphatic carbocycles. The zero-order valence-electron chi connectivity index (χ0n) is 11.9. The molecule has 0 saturated heterocycles. The van der Waals surface area contributed by atoms with E-state index >= 15 is 0 Å². The Balaban J connectivity index is 1.78. The maximum absolute atomic E-state index is 12.0. The Labute approximate surface area is 152 Å². The average molecular weight is 439 g/mol. The van der Waals surface area contributed by atoms with E-state index in [1.54, 1.807) is 12.3 Å². The molecule has 0 bridgehead atoms. The number of aromatic nitrogens is 1. The van der Waals surface area contributed by atoms with Crippen molar-refractivity contribution >= 4 is 56.7 Å². The normalized spacial score (nSPS) is 10.5. The second-order valence-electron chi connectivity index (χ2n) is 4.77. The Bertz CT molecular complexity index is 856. The van der Waals surface area contributed by atoms with Crippen LogP contribution in [0.25, 0.3) is 10.9 Å². The molecular formula is C17H12ClIN2O2. The van der Waals surface area contributed by atoms with E-state index in [9.17, 15) is 4.79 Å². The number of fused-ring (bicyclic) bond motifs is 1. The molecular weight excluding hydrogens is 427 g/mol. The summed E-state index contributed by atoms with van der Waals surface area (Å²) in [6, 6.07) is 14.7. The number of benzene rings is 2. The first-order chi connectivity index (χ1) is 11.1. The number of para-hydroxylation sites is 1. The Morgan fingerprint density at radius 1 is 1.22 bits per heavy atom. The van der Waals surface area contributed by atoms with Crippen molar-refractivity contribution in [2.75, 3.05) is 11.9 Å². The highest BCUT2D eigenvalue weighted by atomic mass is 127. The highest BCUT2D eigenvalue weighted by Gasteiger charge is 2.13. The Kier molecular flexibility index (Phi) is 4.97. The van der Waals surface area contributed by atoms with Crippen LogP contribution in [0, 0.1) is 3.57 Å². The molecule has 0 radical (unpaired) electrons.